The SMILES string of the molecule is CC1C2CC(S(=O)(=O)c3cc(C(=O)Nc4cc(F)c(F)c(F)c4)ccc3Cl)CC1C21CNC(=O)O1. The highest BCUT2D eigenvalue weighted by molar-refractivity contribution is 7.92. The van der Waals surface area contributed by atoms with Crippen LogP contribution in [0.5, 0.6) is 0 Å². The van der Waals surface area contributed by atoms with Crippen LogP contribution in [-0.4, -0.2) is 37.8 Å². The molecule has 2 aromatic carbocycles. The van der Waals surface area contributed by atoms with Gasteiger partial charge in [0.05, 0.1) is 21.7 Å². The van der Waals surface area contributed by atoms with Crippen molar-refractivity contribution in [1.29, 1.82) is 0 Å². The maximum Gasteiger partial charge on any atom is 0.407 e. The first-order valence-electron chi connectivity index (χ1n) is 10.9. The van der Waals surface area contributed by atoms with Crippen LogP contribution in [0.2, 0.25) is 5.02 Å². The molecule has 1 saturated heterocycles. The Labute approximate surface area is 203 Å². The summed E-state index contributed by atoms with van der Waals surface area (Å²) < 4.78 is 72.7. The molecule has 0 aromatic heterocycles. The number of anilines is 1. The molecule has 7 nitrogen and oxygen atoms in total. The summed E-state index contributed by atoms with van der Waals surface area (Å²) in [6.07, 6.45) is 0.0435. The fourth-order valence-electron chi connectivity index (χ4n) is 5.81. The van der Waals surface area contributed by atoms with E-state index in [1.807, 2.05) is 6.92 Å². The molecule has 4 fully saturated rings. The van der Waals surface area contributed by atoms with Crippen molar-refractivity contribution >= 4 is 39.1 Å². The molecule has 35 heavy (non-hydrogen) atoms. The topological polar surface area (TPSA) is 102 Å². The van der Waals surface area contributed by atoms with Gasteiger partial charge in [-0.1, -0.05) is 18.5 Å². The molecule has 1 aliphatic heterocycles. The Morgan fingerprint density at radius 2 is 1.77 bits per heavy atom. The normalized spacial score (nSPS) is 29.3. The van der Waals surface area contributed by atoms with Gasteiger partial charge < -0.3 is 15.4 Å². The summed E-state index contributed by atoms with van der Waals surface area (Å²) in [4.78, 5) is 24.1. The number of nitrogens with one attached hydrogen (secondary N) is 2. The molecule has 0 radical (unpaired) electrons. The Morgan fingerprint density at radius 1 is 1.14 bits per heavy atom. The van der Waals surface area contributed by atoms with Gasteiger partial charge in [0.15, 0.2) is 27.3 Å². The van der Waals surface area contributed by atoms with Crippen molar-refractivity contribution in [3.05, 3.63) is 58.4 Å². The number of fused-ring (bicyclic) bond motifs is 2. The zero-order valence-corrected chi connectivity index (χ0v) is 19.9. The fraction of sp³-hybridized carbons (Fsp3) is 0.391. The molecule has 1 spiro atoms. The van der Waals surface area contributed by atoms with Crippen molar-refractivity contribution in [2.45, 2.75) is 35.5 Å². The second-order valence-electron chi connectivity index (χ2n) is 9.26. The van der Waals surface area contributed by atoms with Crippen LogP contribution in [0.3, 0.4) is 0 Å². The van der Waals surface area contributed by atoms with E-state index < -0.39 is 50.1 Å². The second-order valence-corrected chi connectivity index (χ2v) is 11.9. The van der Waals surface area contributed by atoms with E-state index in [-0.39, 0.29) is 51.8 Å². The smallest absolute Gasteiger partial charge is 0.407 e. The molecule has 2 atom stereocenters. The molecule has 2 aromatic rings. The van der Waals surface area contributed by atoms with Crippen molar-refractivity contribution in [3.63, 3.8) is 0 Å². The summed E-state index contributed by atoms with van der Waals surface area (Å²) in [5, 5.41) is 4.03. The van der Waals surface area contributed by atoms with Crippen LogP contribution in [0.25, 0.3) is 0 Å². The van der Waals surface area contributed by atoms with E-state index in [2.05, 4.69) is 10.6 Å². The van der Waals surface area contributed by atoms with Crippen molar-refractivity contribution in [2.75, 3.05) is 11.9 Å². The van der Waals surface area contributed by atoms with Gasteiger partial charge >= 0.3 is 6.09 Å². The van der Waals surface area contributed by atoms with Gasteiger partial charge in [-0.3, -0.25) is 4.79 Å². The van der Waals surface area contributed by atoms with Crippen LogP contribution < -0.4 is 10.6 Å². The number of carbonyl (C=O) groups is 2. The average Bonchev–Trinajstić information content (AvgIpc) is 3.21. The van der Waals surface area contributed by atoms with Crippen LogP contribution in [0.1, 0.15) is 30.1 Å². The number of carbonyl (C=O) groups excluding carboxylic acids is 2. The maximum atomic E-state index is 13.5. The predicted octanol–water partition coefficient (Wildman–Crippen LogP) is 4.31. The van der Waals surface area contributed by atoms with Crippen molar-refractivity contribution < 1.29 is 35.9 Å². The minimum atomic E-state index is -3.97. The highest BCUT2D eigenvalue weighted by Gasteiger charge is 2.69. The lowest BCUT2D eigenvalue weighted by Gasteiger charge is -2.61. The minimum Gasteiger partial charge on any atom is -0.440 e. The van der Waals surface area contributed by atoms with Crippen LogP contribution in [0.15, 0.2) is 35.2 Å². The highest BCUT2D eigenvalue weighted by atomic mass is 35.5. The average molecular weight is 529 g/mol. The molecule has 2 unspecified atom stereocenters. The van der Waals surface area contributed by atoms with E-state index in [9.17, 15) is 31.2 Å². The Morgan fingerprint density at radius 3 is 2.34 bits per heavy atom. The van der Waals surface area contributed by atoms with Crippen molar-refractivity contribution in [1.82, 2.24) is 5.32 Å². The summed E-state index contributed by atoms with van der Waals surface area (Å²) >= 11 is 6.21. The van der Waals surface area contributed by atoms with Crippen LogP contribution in [-0.2, 0) is 14.6 Å². The number of hydrogen-bond donors (Lipinski definition) is 2. The number of halogens is 4. The van der Waals surface area contributed by atoms with Gasteiger partial charge in [0.2, 0.25) is 0 Å². The molecule has 4 aliphatic rings. The predicted molar refractivity (Wildman–Crippen MR) is 119 cm³/mol. The largest absolute Gasteiger partial charge is 0.440 e. The Kier molecular flexibility index (Phi) is 5.55. The maximum absolute atomic E-state index is 13.5. The molecule has 2 N–H and O–H groups in total. The molecular weight excluding hydrogens is 509 g/mol. The Balaban J connectivity index is 1.39. The monoisotopic (exact) mass is 528 g/mol. The molecule has 186 valence electrons. The summed E-state index contributed by atoms with van der Waals surface area (Å²) in [7, 11) is -3.97. The standard InChI is InChI=1S/C23H20ClF3N2O5S/c1-10-14-7-13(8-15(10)23(14)9-28-22(31)34-23)35(32,33)19-4-11(2-3-16(19)24)21(30)29-12-5-17(25)20(27)18(26)6-12/h2-6,10,13-15H,7-9H2,1H3,(H,28,31)(H,29,30). The second kappa shape index (κ2) is 8.12. The minimum absolute atomic E-state index is 0.0728. The molecule has 6 rings (SSSR count). The number of ether oxygens (including phenoxy) is 1. The van der Waals surface area contributed by atoms with E-state index in [0.29, 0.717) is 18.7 Å². The summed E-state index contributed by atoms with van der Waals surface area (Å²) in [5.74, 6) is -5.56. The van der Waals surface area contributed by atoms with E-state index in [1.165, 1.54) is 12.1 Å². The van der Waals surface area contributed by atoms with E-state index in [0.717, 1.165) is 6.07 Å². The van der Waals surface area contributed by atoms with Crippen LogP contribution >= 0.6 is 11.6 Å². The van der Waals surface area contributed by atoms with Gasteiger partial charge in [-0.05, 0) is 37.0 Å². The number of sulfone groups is 1. The Hall–Kier alpha value is -2.79. The zero-order chi connectivity index (χ0) is 25.3. The van der Waals surface area contributed by atoms with Crippen molar-refractivity contribution in [2.24, 2.45) is 17.8 Å². The lowest BCUT2D eigenvalue weighted by molar-refractivity contribution is -0.192. The molecule has 1 heterocycles. The first-order chi connectivity index (χ1) is 16.4. The van der Waals surface area contributed by atoms with Gasteiger partial charge in [-0.25, -0.2) is 26.4 Å². The number of amides is 2. The highest BCUT2D eigenvalue weighted by Crippen LogP contribution is 2.61. The third-order valence-electron chi connectivity index (χ3n) is 7.53. The Bertz CT molecular complexity index is 1330. The molecule has 3 aliphatic carbocycles. The van der Waals surface area contributed by atoms with Gasteiger partial charge in [0.1, 0.15) is 5.60 Å². The van der Waals surface area contributed by atoms with E-state index >= 15 is 0 Å². The molecule has 12 heteroatoms. The van der Waals surface area contributed by atoms with Gasteiger partial charge in [0.25, 0.3) is 5.91 Å². The van der Waals surface area contributed by atoms with E-state index in [4.69, 9.17) is 16.3 Å². The first-order valence-corrected chi connectivity index (χ1v) is 12.8. The molecule has 2 amide bonds. The third kappa shape index (κ3) is 3.67. The quantitative estimate of drug-likeness (QED) is 0.576. The number of benzene rings is 2. The fourth-order valence-corrected chi connectivity index (χ4v) is 8.16. The summed E-state index contributed by atoms with van der Waals surface area (Å²) in [5.41, 5.74) is -1.14. The van der Waals surface area contributed by atoms with Crippen LogP contribution in [0, 0.1) is 35.2 Å². The molecule has 2 bridgehead atoms. The van der Waals surface area contributed by atoms with Gasteiger partial charge in [-0.15, -0.1) is 0 Å². The molecule has 3 saturated carbocycles. The van der Waals surface area contributed by atoms with Gasteiger partial charge in [-0.2, -0.15) is 0 Å². The van der Waals surface area contributed by atoms with E-state index in [1.54, 1.807) is 0 Å². The first kappa shape index (κ1) is 23.9. The lowest BCUT2D eigenvalue weighted by Crippen LogP contribution is -2.68. The summed E-state index contributed by atoms with van der Waals surface area (Å²) in [6.45, 7) is 2.36. The van der Waals surface area contributed by atoms with Gasteiger partial charge in [0, 0.05) is 35.2 Å². The number of rotatable bonds is 4. The number of alkyl carbamates (subject to hydrolysis) is 1. The van der Waals surface area contributed by atoms with Crippen molar-refractivity contribution in [3.8, 4) is 0 Å². The zero-order valence-electron chi connectivity index (χ0n) is 18.3. The summed E-state index contributed by atoms with van der Waals surface area (Å²) in [6, 6.07) is 4.86. The lowest BCUT2D eigenvalue weighted by atomic mass is 9.48. The number of hydrogen-bond acceptors (Lipinski definition) is 5. The van der Waals surface area contributed by atoms with Crippen LogP contribution in [0.4, 0.5) is 23.7 Å². The molecular formula is C23H20ClF3N2O5S. The third-order valence-corrected chi connectivity index (χ3v) is 10.2.